The molecule has 1 heterocycles. The van der Waals surface area contributed by atoms with Crippen LogP contribution in [-0.2, 0) is 6.42 Å². The summed E-state index contributed by atoms with van der Waals surface area (Å²) in [5, 5.41) is 6.41. The minimum Gasteiger partial charge on any atom is -0.371 e. The number of nitrogens with zero attached hydrogens (tertiary/aromatic N) is 1. The van der Waals surface area contributed by atoms with Crippen LogP contribution in [0.4, 0.5) is 11.4 Å². The van der Waals surface area contributed by atoms with Crippen molar-refractivity contribution in [3.05, 3.63) is 94.5 Å². The van der Waals surface area contributed by atoms with Crippen LogP contribution in [0.5, 0.6) is 0 Å². The molecule has 0 atom stereocenters. The second-order valence-electron chi connectivity index (χ2n) is 9.44. The lowest BCUT2D eigenvalue weighted by molar-refractivity contribution is 0.0942. The predicted octanol–water partition coefficient (Wildman–Crippen LogP) is 6.19. The molecule has 0 saturated carbocycles. The Kier molecular flexibility index (Phi) is 8.09. The second-order valence-corrected chi connectivity index (χ2v) is 9.88. The van der Waals surface area contributed by atoms with E-state index in [9.17, 15) is 9.59 Å². The molecule has 3 aromatic rings. The fourth-order valence-corrected chi connectivity index (χ4v) is 4.76. The Morgan fingerprint density at radius 1 is 0.943 bits per heavy atom. The van der Waals surface area contributed by atoms with Gasteiger partial charge in [-0.05, 0) is 81.0 Å². The molecule has 1 aliphatic rings. The molecule has 1 fully saturated rings. The number of rotatable bonds is 7. The van der Waals surface area contributed by atoms with Crippen LogP contribution in [0.15, 0.2) is 72.8 Å². The molecule has 1 saturated heterocycles. The zero-order valence-electron chi connectivity index (χ0n) is 20.3. The van der Waals surface area contributed by atoms with Gasteiger partial charge in [-0.25, -0.2) is 0 Å². The van der Waals surface area contributed by atoms with Crippen molar-refractivity contribution in [1.82, 2.24) is 5.32 Å². The summed E-state index contributed by atoms with van der Waals surface area (Å²) in [4.78, 5) is 28.1. The van der Waals surface area contributed by atoms with E-state index >= 15 is 0 Å². The SMILES string of the molecule is CC(C)NC(=O)c1cc(NC(=O)c2cccc(Cl)c2)ccc1N1CCC(Cc2ccccc2)CC1. The standard InChI is InChI=1S/C29H32ClN3O2/c1-20(2)31-29(35)26-19-25(32-28(34)23-9-6-10-24(30)18-23)11-12-27(26)33-15-13-22(14-16-33)17-21-7-4-3-5-8-21/h3-12,18-20,22H,13-17H2,1-2H3,(H,31,35)(H,32,34). The molecule has 1 aliphatic heterocycles. The van der Waals surface area contributed by atoms with Crippen molar-refractivity contribution in [3.8, 4) is 0 Å². The highest BCUT2D eigenvalue weighted by atomic mass is 35.5. The topological polar surface area (TPSA) is 61.4 Å². The van der Waals surface area contributed by atoms with Gasteiger partial charge in [0.25, 0.3) is 11.8 Å². The Bertz CT molecular complexity index is 1170. The number of anilines is 2. The zero-order chi connectivity index (χ0) is 24.8. The first kappa shape index (κ1) is 24.8. The molecule has 0 aromatic heterocycles. The Hall–Kier alpha value is -3.31. The second kappa shape index (κ2) is 11.4. The first-order valence-electron chi connectivity index (χ1n) is 12.2. The fraction of sp³-hybridized carbons (Fsp3) is 0.310. The molecule has 182 valence electrons. The first-order chi connectivity index (χ1) is 16.9. The van der Waals surface area contributed by atoms with Crippen LogP contribution >= 0.6 is 11.6 Å². The van der Waals surface area contributed by atoms with Crippen molar-refractivity contribution in [2.45, 2.75) is 39.2 Å². The van der Waals surface area contributed by atoms with Crippen molar-refractivity contribution in [3.63, 3.8) is 0 Å². The molecular formula is C29H32ClN3O2. The van der Waals surface area contributed by atoms with Crippen LogP contribution in [0.3, 0.4) is 0 Å². The molecule has 0 bridgehead atoms. The van der Waals surface area contributed by atoms with E-state index in [0.717, 1.165) is 38.0 Å². The molecule has 5 nitrogen and oxygen atoms in total. The number of piperidine rings is 1. The van der Waals surface area contributed by atoms with Gasteiger partial charge in [0.1, 0.15) is 0 Å². The van der Waals surface area contributed by atoms with Gasteiger partial charge in [-0.3, -0.25) is 9.59 Å². The van der Waals surface area contributed by atoms with Crippen molar-refractivity contribution in [2.24, 2.45) is 5.92 Å². The third kappa shape index (κ3) is 6.64. The lowest BCUT2D eigenvalue weighted by Gasteiger charge is -2.35. The van der Waals surface area contributed by atoms with Crippen LogP contribution in [0.1, 0.15) is 53.0 Å². The number of amides is 2. The minimum atomic E-state index is -0.266. The molecule has 0 radical (unpaired) electrons. The summed E-state index contributed by atoms with van der Waals surface area (Å²) in [7, 11) is 0. The number of halogens is 1. The van der Waals surface area contributed by atoms with E-state index in [1.54, 1.807) is 30.3 Å². The molecule has 2 N–H and O–H groups in total. The highest BCUT2D eigenvalue weighted by Gasteiger charge is 2.24. The summed E-state index contributed by atoms with van der Waals surface area (Å²) in [5.74, 6) is 0.232. The quantitative estimate of drug-likeness (QED) is 0.416. The Labute approximate surface area is 212 Å². The van der Waals surface area contributed by atoms with Crippen LogP contribution in [0.25, 0.3) is 0 Å². The molecular weight excluding hydrogens is 458 g/mol. The highest BCUT2D eigenvalue weighted by Crippen LogP contribution is 2.30. The average molecular weight is 490 g/mol. The van der Waals surface area contributed by atoms with Gasteiger partial charge < -0.3 is 15.5 Å². The van der Waals surface area contributed by atoms with Crippen molar-refractivity contribution >= 4 is 34.8 Å². The summed E-state index contributed by atoms with van der Waals surface area (Å²) < 4.78 is 0. The predicted molar refractivity (Wildman–Crippen MR) is 144 cm³/mol. The van der Waals surface area contributed by atoms with Gasteiger partial charge in [0.2, 0.25) is 0 Å². The van der Waals surface area contributed by atoms with Gasteiger partial charge in [0.05, 0.1) is 5.56 Å². The number of nitrogens with one attached hydrogen (secondary N) is 2. The largest absolute Gasteiger partial charge is 0.371 e. The van der Waals surface area contributed by atoms with E-state index in [-0.39, 0.29) is 17.9 Å². The van der Waals surface area contributed by atoms with E-state index in [0.29, 0.717) is 27.8 Å². The van der Waals surface area contributed by atoms with Crippen molar-refractivity contribution in [1.29, 1.82) is 0 Å². The summed E-state index contributed by atoms with van der Waals surface area (Å²) >= 11 is 6.03. The third-order valence-electron chi connectivity index (χ3n) is 6.33. The maximum absolute atomic E-state index is 13.1. The van der Waals surface area contributed by atoms with Gasteiger partial charge in [-0.1, -0.05) is 48.0 Å². The Morgan fingerprint density at radius 3 is 2.37 bits per heavy atom. The molecule has 0 spiro atoms. The highest BCUT2D eigenvalue weighted by molar-refractivity contribution is 6.31. The lowest BCUT2D eigenvalue weighted by atomic mass is 9.89. The molecule has 4 rings (SSSR count). The monoisotopic (exact) mass is 489 g/mol. The average Bonchev–Trinajstić information content (AvgIpc) is 2.85. The molecule has 2 amide bonds. The van der Waals surface area contributed by atoms with Crippen molar-refractivity contribution in [2.75, 3.05) is 23.3 Å². The van der Waals surface area contributed by atoms with Gasteiger partial charge in [0.15, 0.2) is 0 Å². The number of benzene rings is 3. The number of hydrogen-bond donors (Lipinski definition) is 2. The van der Waals surface area contributed by atoms with Gasteiger partial charge in [-0.2, -0.15) is 0 Å². The smallest absolute Gasteiger partial charge is 0.255 e. The molecule has 3 aromatic carbocycles. The summed E-state index contributed by atoms with van der Waals surface area (Å²) in [6.07, 6.45) is 3.24. The number of hydrogen-bond acceptors (Lipinski definition) is 3. The fourth-order valence-electron chi connectivity index (χ4n) is 4.57. The molecule has 0 aliphatic carbocycles. The molecule has 6 heteroatoms. The third-order valence-corrected chi connectivity index (χ3v) is 6.56. The summed E-state index contributed by atoms with van der Waals surface area (Å²) in [6, 6.07) is 23.0. The maximum Gasteiger partial charge on any atom is 0.255 e. The van der Waals surface area contributed by atoms with E-state index in [1.165, 1.54) is 5.56 Å². The minimum absolute atomic E-state index is 0.0108. The van der Waals surface area contributed by atoms with Crippen LogP contribution in [0, 0.1) is 5.92 Å². The molecule has 0 unspecified atom stereocenters. The van der Waals surface area contributed by atoms with Crippen molar-refractivity contribution < 1.29 is 9.59 Å². The van der Waals surface area contributed by atoms with E-state index in [2.05, 4.69) is 45.9 Å². The number of carbonyl (C=O) groups is 2. The Morgan fingerprint density at radius 2 is 1.69 bits per heavy atom. The Balaban J connectivity index is 1.50. The zero-order valence-corrected chi connectivity index (χ0v) is 21.0. The first-order valence-corrected chi connectivity index (χ1v) is 12.6. The lowest BCUT2D eigenvalue weighted by Crippen LogP contribution is -2.37. The summed E-state index contributed by atoms with van der Waals surface area (Å²) in [5.41, 5.74) is 3.90. The van der Waals surface area contributed by atoms with E-state index < -0.39 is 0 Å². The van der Waals surface area contributed by atoms with E-state index in [4.69, 9.17) is 11.6 Å². The van der Waals surface area contributed by atoms with Crippen LogP contribution < -0.4 is 15.5 Å². The normalized spacial score (nSPS) is 14.1. The van der Waals surface area contributed by atoms with E-state index in [1.807, 2.05) is 26.0 Å². The van der Waals surface area contributed by atoms with Crippen LogP contribution in [-0.4, -0.2) is 30.9 Å². The summed E-state index contributed by atoms with van der Waals surface area (Å²) in [6.45, 7) is 5.68. The number of carbonyl (C=O) groups excluding carboxylic acids is 2. The molecule has 35 heavy (non-hydrogen) atoms. The maximum atomic E-state index is 13.1. The van der Waals surface area contributed by atoms with Crippen LogP contribution in [0.2, 0.25) is 5.02 Å². The van der Waals surface area contributed by atoms with Gasteiger partial charge >= 0.3 is 0 Å². The van der Waals surface area contributed by atoms with Gasteiger partial charge in [-0.15, -0.1) is 0 Å². The van der Waals surface area contributed by atoms with Gasteiger partial charge in [0, 0.05) is 41.1 Å².